The molecule has 0 saturated carbocycles. The number of aromatic nitrogens is 2. The van der Waals surface area contributed by atoms with Crippen molar-refractivity contribution in [3.63, 3.8) is 0 Å². The number of rotatable bonds is 3. The molecule has 0 bridgehead atoms. The summed E-state index contributed by atoms with van der Waals surface area (Å²) in [4.78, 5) is 7.53. The molecule has 7 aromatic carbocycles. The maximum absolute atomic E-state index is 6.61. The lowest BCUT2D eigenvalue weighted by molar-refractivity contribution is 0.670. The molecular formula is C47H29N3O. The van der Waals surface area contributed by atoms with E-state index in [0.717, 1.165) is 66.8 Å². The summed E-state index contributed by atoms with van der Waals surface area (Å²) in [7, 11) is 0. The summed E-state index contributed by atoms with van der Waals surface area (Å²) in [5.74, 6) is 0. The molecule has 0 saturated heterocycles. The Kier molecular flexibility index (Phi) is 5.92. The first-order chi connectivity index (χ1) is 25.3. The molecule has 4 heterocycles. The van der Waals surface area contributed by atoms with Gasteiger partial charge in [0.2, 0.25) is 0 Å². The Morgan fingerprint density at radius 2 is 1.12 bits per heavy atom. The van der Waals surface area contributed by atoms with E-state index in [-0.39, 0.29) is 0 Å². The van der Waals surface area contributed by atoms with Gasteiger partial charge in [0.05, 0.1) is 28.1 Å². The van der Waals surface area contributed by atoms with Gasteiger partial charge in [0.1, 0.15) is 11.1 Å². The Bertz CT molecular complexity index is 2990. The normalized spacial score (nSPS) is 12.3. The van der Waals surface area contributed by atoms with Crippen molar-refractivity contribution in [3.05, 3.63) is 176 Å². The van der Waals surface area contributed by atoms with Crippen molar-refractivity contribution in [3.8, 4) is 39.2 Å². The summed E-state index contributed by atoms with van der Waals surface area (Å²) in [5, 5.41) is 3.31. The number of anilines is 3. The monoisotopic (exact) mass is 651 g/mol. The number of furan rings is 1. The lowest BCUT2D eigenvalue weighted by Crippen LogP contribution is -2.11. The van der Waals surface area contributed by atoms with E-state index < -0.39 is 0 Å². The molecule has 0 fully saturated rings. The number of fused-ring (bicyclic) bond motifs is 11. The number of para-hydroxylation sites is 6. The zero-order valence-electron chi connectivity index (χ0n) is 27.5. The second-order valence-electron chi connectivity index (χ2n) is 13.1. The van der Waals surface area contributed by atoms with E-state index >= 15 is 0 Å². The lowest BCUT2D eigenvalue weighted by Gasteiger charge is -2.28. The van der Waals surface area contributed by atoms with Crippen LogP contribution in [0.1, 0.15) is 0 Å². The molecule has 0 amide bonds. The van der Waals surface area contributed by atoms with Gasteiger partial charge in [-0.3, -0.25) is 0 Å². The molecule has 11 rings (SSSR count). The number of benzene rings is 7. The van der Waals surface area contributed by atoms with Crippen LogP contribution in [-0.2, 0) is 0 Å². The van der Waals surface area contributed by atoms with Crippen LogP contribution >= 0.6 is 0 Å². The second-order valence-corrected chi connectivity index (χ2v) is 13.1. The van der Waals surface area contributed by atoms with Gasteiger partial charge in [-0.2, -0.15) is 0 Å². The Labute approximate surface area is 294 Å². The van der Waals surface area contributed by atoms with E-state index in [0.29, 0.717) is 0 Å². The molecule has 1 aliphatic heterocycles. The van der Waals surface area contributed by atoms with Crippen molar-refractivity contribution in [2.75, 3.05) is 4.90 Å². The summed E-state index contributed by atoms with van der Waals surface area (Å²) in [6, 6.07) is 62.6. The summed E-state index contributed by atoms with van der Waals surface area (Å²) >= 11 is 0. The zero-order valence-corrected chi connectivity index (χ0v) is 27.5. The van der Waals surface area contributed by atoms with E-state index in [1.165, 1.54) is 33.3 Å². The van der Waals surface area contributed by atoms with Gasteiger partial charge in [-0.25, -0.2) is 4.98 Å². The molecule has 0 spiro atoms. The molecule has 1 aliphatic rings. The minimum absolute atomic E-state index is 0.805. The molecule has 0 radical (unpaired) electrons. The SMILES string of the molecule is c1ccc(-n2c3c(c4ccccc42)-c2ccccc2N(c2cccc(-c4c5ccccc5nc5c4oc4ccccc45)c2)c2ccccc2-3)cc1. The fourth-order valence-corrected chi connectivity index (χ4v) is 8.19. The van der Waals surface area contributed by atoms with E-state index in [1.54, 1.807) is 0 Å². The van der Waals surface area contributed by atoms with E-state index in [4.69, 9.17) is 9.40 Å². The number of pyridine rings is 1. The van der Waals surface area contributed by atoms with Crippen LogP contribution in [0.5, 0.6) is 0 Å². The molecular weight excluding hydrogens is 623 g/mol. The molecule has 0 atom stereocenters. The van der Waals surface area contributed by atoms with E-state index in [9.17, 15) is 0 Å². The van der Waals surface area contributed by atoms with Crippen LogP contribution in [0.15, 0.2) is 180 Å². The summed E-state index contributed by atoms with van der Waals surface area (Å²) in [6.45, 7) is 0. The average Bonchev–Trinajstić information content (AvgIpc) is 3.70. The topological polar surface area (TPSA) is 34.2 Å². The first-order valence-electron chi connectivity index (χ1n) is 17.3. The summed E-state index contributed by atoms with van der Waals surface area (Å²) in [5.41, 5.74) is 16.0. The number of hydrogen-bond acceptors (Lipinski definition) is 3. The molecule has 0 N–H and O–H groups in total. The second kappa shape index (κ2) is 10.8. The van der Waals surface area contributed by atoms with Crippen molar-refractivity contribution >= 4 is 60.9 Å². The molecule has 3 aromatic heterocycles. The highest BCUT2D eigenvalue weighted by Gasteiger charge is 2.31. The molecule has 51 heavy (non-hydrogen) atoms. The predicted octanol–water partition coefficient (Wildman–Crippen LogP) is 12.9. The Morgan fingerprint density at radius 3 is 1.98 bits per heavy atom. The Hall–Kier alpha value is -6.91. The van der Waals surface area contributed by atoms with Crippen molar-refractivity contribution in [1.82, 2.24) is 9.55 Å². The van der Waals surface area contributed by atoms with Crippen molar-refractivity contribution in [1.29, 1.82) is 0 Å². The molecule has 4 nitrogen and oxygen atoms in total. The Morgan fingerprint density at radius 1 is 0.471 bits per heavy atom. The van der Waals surface area contributed by atoms with Crippen LogP contribution in [0, 0.1) is 0 Å². The smallest absolute Gasteiger partial charge is 0.162 e. The Balaban J connectivity index is 1.21. The van der Waals surface area contributed by atoms with Crippen molar-refractivity contribution in [2.45, 2.75) is 0 Å². The maximum Gasteiger partial charge on any atom is 0.162 e. The van der Waals surface area contributed by atoms with Gasteiger partial charge in [-0.1, -0.05) is 115 Å². The third-order valence-electron chi connectivity index (χ3n) is 10.3. The van der Waals surface area contributed by atoms with Crippen LogP contribution in [0.25, 0.3) is 83.1 Å². The minimum atomic E-state index is 0.805. The standard InChI is InChI=1S/C47H29N3O/c1-2-16-31(17-3-1)50-40-26-11-6-21-35(40)44-34-20-5-10-25-39(34)49(41-27-12-7-22-36(41)46(44)50)32-18-14-15-30(29-32)43-33-19-4-9-24-38(33)48-45-37-23-8-13-28-42(37)51-47(43)45/h1-29H. The van der Waals surface area contributed by atoms with Gasteiger partial charge in [-0.05, 0) is 66.2 Å². The molecule has 238 valence electrons. The van der Waals surface area contributed by atoms with Gasteiger partial charge in [0.15, 0.2) is 5.58 Å². The number of hydrogen-bond donors (Lipinski definition) is 0. The van der Waals surface area contributed by atoms with Gasteiger partial charge in [0, 0.05) is 49.8 Å². The maximum atomic E-state index is 6.61. The van der Waals surface area contributed by atoms with Crippen molar-refractivity contribution in [2.24, 2.45) is 0 Å². The third-order valence-corrected chi connectivity index (χ3v) is 10.3. The van der Waals surface area contributed by atoms with Gasteiger partial charge < -0.3 is 13.9 Å². The highest BCUT2D eigenvalue weighted by atomic mass is 16.3. The first kappa shape index (κ1) is 28.0. The fourth-order valence-electron chi connectivity index (χ4n) is 8.19. The highest BCUT2D eigenvalue weighted by Crippen LogP contribution is 2.54. The van der Waals surface area contributed by atoms with Crippen molar-refractivity contribution < 1.29 is 4.42 Å². The predicted molar refractivity (Wildman–Crippen MR) is 210 cm³/mol. The summed E-state index contributed by atoms with van der Waals surface area (Å²) in [6.07, 6.45) is 0. The van der Waals surface area contributed by atoms with E-state index in [2.05, 4.69) is 167 Å². The lowest BCUT2D eigenvalue weighted by atomic mass is 9.98. The summed E-state index contributed by atoms with van der Waals surface area (Å²) < 4.78 is 9.05. The largest absolute Gasteiger partial charge is 0.454 e. The van der Waals surface area contributed by atoms with Gasteiger partial charge >= 0.3 is 0 Å². The fraction of sp³-hybridized carbons (Fsp3) is 0. The quantitative estimate of drug-likeness (QED) is 0.191. The average molecular weight is 652 g/mol. The highest BCUT2D eigenvalue weighted by molar-refractivity contribution is 6.16. The van der Waals surface area contributed by atoms with Crippen LogP contribution in [0.2, 0.25) is 0 Å². The van der Waals surface area contributed by atoms with Crippen LogP contribution in [0.3, 0.4) is 0 Å². The van der Waals surface area contributed by atoms with E-state index in [1.807, 2.05) is 18.2 Å². The first-order valence-corrected chi connectivity index (χ1v) is 17.3. The number of nitrogens with zero attached hydrogens (tertiary/aromatic N) is 3. The van der Waals surface area contributed by atoms with Crippen LogP contribution < -0.4 is 4.90 Å². The zero-order chi connectivity index (χ0) is 33.5. The molecule has 4 heteroatoms. The van der Waals surface area contributed by atoms with Gasteiger partial charge in [-0.15, -0.1) is 0 Å². The van der Waals surface area contributed by atoms with Crippen LogP contribution in [-0.4, -0.2) is 9.55 Å². The molecule has 0 aliphatic carbocycles. The minimum Gasteiger partial charge on any atom is -0.454 e. The van der Waals surface area contributed by atoms with Crippen LogP contribution in [0.4, 0.5) is 17.1 Å². The molecule has 10 aromatic rings. The molecule has 0 unspecified atom stereocenters. The van der Waals surface area contributed by atoms with Gasteiger partial charge in [0.25, 0.3) is 0 Å². The third kappa shape index (κ3) is 4.05.